The summed E-state index contributed by atoms with van der Waals surface area (Å²) < 4.78 is 10.9. The molecule has 6 nitrogen and oxygen atoms in total. The molecule has 7 heteroatoms. The maximum atomic E-state index is 5.90. The molecule has 2 heterocycles. The second-order valence-electron chi connectivity index (χ2n) is 5.67. The van der Waals surface area contributed by atoms with Gasteiger partial charge in [-0.3, -0.25) is 4.99 Å². The number of methoxy groups -OCH3 is 1. The number of hydrogen-bond acceptors (Lipinski definition) is 5. The number of aliphatic imine (C=N–C) groups is 1. The summed E-state index contributed by atoms with van der Waals surface area (Å²) in [5.41, 5.74) is 0. The van der Waals surface area contributed by atoms with Crippen LogP contribution < -0.4 is 5.32 Å². The molecular weight excluding hydrogens is 312 g/mol. The Kier molecular flexibility index (Phi) is 7.78. The summed E-state index contributed by atoms with van der Waals surface area (Å²) in [6, 6.07) is 0. The van der Waals surface area contributed by atoms with Gasteiger partial charge >= 0.3 is 0 Å². The number of aromatic nitrogens is 1. The van der Waals surface area contributed by atoms with Crippen LogP contribution in [0.4, 0.5) is 0 Å². The summed E-state index contributed by atoms with van der Waals surface area (Å²) in [4.78, 5) is 12.3. The van der Waals surface area contributed by atoms with E-state index in [-0.39, 0.29) is 0 Å². The number of piperidine rings is 1. The SMILES string of the molecule is CN=C(NCc1ncc(C)s1)N1CCC(OCCCOC)CC1. The lowest BCUT2D eigenvalue weighted by molar-refractivity contribution is 0.00989. The summed E-state index contributed by atoms with van der Waals surface area (Å²) in [5, 5.41) is 4.51. The van der Waals surface area contributed by atoms with Crippen LogP contribution in [0.2, 0.25) is 0 Å². The summed E-state index contributed by atoms with van der Waals surface area (Å²) in [6.45, 7) is 6.32. The Morgan fingerprint density at radius 3 is 2.83 bits per heavy atom. The minimum absolute atomic E-state index is 0.364. The highest BCUT2D eigenvalue weighted by atomic mass is 32.1. The monoisotopic (exact) mass is 340 g/mol. The number of nitrogens with one attached hydrogen (secondary N) is 1. The molecule has 1 aromatic rings. The van der Waals surface area contributed by atoms with Crippen LogP contribution in [0.1, 0.15) is 29.1 Å². The van der Waals surface area contributed by atoms with Gasteiger partial charge in [-0.2, -0.15) is 0 Å². The Balaban J connectivity index is 1.70. The number of aryl methyl sites for hydroxylation is 1. The van der Waals surface area contributed by atoms with Gasteiger partial charge in [0.1, 0.15) is 5.01 Å². The number of thiazole rings is 1. The van der Waals surface area contributed by atoms with Gasteiger partial charge in [0.15, 0.2) is 5.96 Å². The zero-order chi connectivity index (χ0) is 16.5. The Morgan fingerprint density at radius 1 is 1.43 bits per heavy atom. The number of ether oxygens (including phenoxy) is 2. The quantitative estimate of drug-likeness (QED) is 0.468. The van der Waals surface area contributed by atoms with Crippen LogP contribution in [-0.4, -0.2) is 62.4 Å². The molecule has 23 heavy (non-hydrogen) atoms. The molecule has 0 amide bonds. The first-order chi connectivity index (χ1) is 11.2. The van der Waals surface area contributed by atoms with Crippen molar-refractivity contribution in [3.63, 3.8) is 0 Å². The molecular formula is C16H28N4O2S. The molecule has 0 radical (unpaired) electrons. The van der Waals surface area contributed by atoms with Crippen LogP contribution in [0, 0.1) is 6.92 Å². The first-order valence-corrected chi connectivity index (χ1v) is 9.02. The van der Waals surface area contributed by atoms with Crippen LogP contribution >= 0.6 is 11.3 Å². The van der Waals surface area contributed by atoms with E-state index in [0.717, 1.165) is 63.1 Å². The van der Waals surface area contributed by atoms with Gasteiger partial charge < -0.3 is 19.7 Å². The molecule has 2 rings (SSSR count). The fourth-order valence-corrected chi connectivity index (χ4v) is 3.38. The zero-order valence-electron chi connectivity index (χ0n) is 14.4. The molecule has 0 saturated carbocycles. The molecule has 0 aromatic carbocycles. The molecule has 0 aliphatic carbocycles. The molecule has 0 unspecified atom stereocenters. The molecule has 0 bridgehead atoms. The van der Waals surface area contributed by atoms with Gasteiger partial charge in [-0.05, 0) is 26.2 Å². The van der Waals surface area contributed by atoms with Gasteiger partial charge in [-0.25, -0.2) is 4.98 Å². The Labute approximate surface area is 142 Å². The van der Waals surface area contributed by atoms with E-state index in [1.807, 2.05) is 13.2 Å². The molecule has 1 saturated heterocycles. The van der Waals surface area contributed by atoms with Gasteiger partial charge in [-0.15, -0.1) is 11.3 Å². The van der Waals surface area contributed by atoms with Gasteiger partial charge in [0, 0.05) is 51.5 Å². The minimum atomic E-state index is 0.364. The number of likely N-dealkylation sites (tertiary alicyclic amines) is 1. The fraction of sp³-hybridized carbons (Fsp3) is 0.750. The largest absolute Gasteiger partial charge is 0.385 e. The highest BCUT2D eigenvalue weighted by Crippen LogP contribution is 2.15. The lowest BCUT2D eigenvalue weighted by atomic mass is 10.1. The van der Waals surface area contributed by atoms with Gasteiger partial charge in [0.2, 0.25) is 0 Å². The number of guanidine groups is 1. The van der Waals surface area contributed by atoms with E-state index < -0.39 is 0 Å². The van der Waals surface area contributed by atoms with Crippen LogP contribution in [0.15, 0.2) is 11.2 Å². The summed E-state index contributed by atoms with van der Waals surface area (Å²) >= 11 is 1.72. The zero-order valence-corrected chi connectivity index (χ0v) is 15.2. The average Bonchev–Trinajstić information content (AvgIpc) is 2.99. The Bertz CT molecular complexity index is 484. The smallest absolute Gasteiger partial charge is 0.193 e. The van der Waals surface area contributed by atoms with E-state index in [4.69, 9.17) is 9.47 Å². The lowest BCUT2D eigenvalue weighted by Crippen LogP contribution is -2.46. The van der Waals surface area contributed by atoms with Gasteiger partial charge in [-0.1, -0.05) is 0 Å². The Morgan fingerprint density at radius 2 is 2.22 bits per heavy atom. The molecule has 130 valence electrons. The van der Waals surface area contributed by atoms with E-state index in [9.17, 15) is 0 Å². The summed E-state index contributed by atoms with van der Waals surface area (Å²) in [5.74, 6) is 0.954. The van der Waals surface area contributed by atoms with E-state index in [1.165, 1.54) is 4.88 Å². The van der Waals surface area contributed by atoms with Crippen molar-refractivity contribution in [2.24, 2.45) is 4.99 Å². The number of nitrogens with zero attached hydrogens (tertiary/aromatic N) is 3. The third-order valence-corrected chi connectivity index (χ3v) is 4.78. The normalized spacial score (nSPS) is 16.8. The number of hydrogen-bond donors (Lipinski definition) is 1. The van der Waals surface area contributed by atoms with Crippen molar-refractivity contribution in [3.05, 3.63) is 16.1 Å². The van der Waals surface area contributed by atoms with E-state index in [0.29, 0.717) is 6.10 Å². The second-order valence-corrected chi connectivity index (χ2v) is 6.99. The highest BCUT2D eigenvalue weighted by Gasteiger charge is 2.21. The molecule has 1 aromatic heterocycles. The maximum absolute atomic E-state index is 5.90. The van der Waals surface area contributed by atoms with Crippen LogP contribution in [0.25, 0.3) is 0 Å². The van der Waals surface area contributed by atoms with E-state index in [1.54, 1.807) is 18.4 Å². The van der Waals surface area contributed by atoms with Crippen molar-refractivity contribution in [1.82, 2.24) is 15.2 Å². The first-order valence-electron chi connectivity index (χ1n) is 8.20. The fourth-order valence-electron chi connectivity index (χ4n) is 2.66. The predicted octanol–water partition coefficient (Wildman–Crippen LogP) is 2.04. The van der Waals surface area contributed by atoms with Crippen molar-refractivity contribution < 1.29 is 9.47 Å². The highest BCUT2D eigenvalue weighted by molar-refractivity contribution is 7.11. The van der Waals surface area contributed by atoms with Crippen molar-refractivity contribution in [2.75, 3.05) is 40.5 Å². The van der Waals surface area contributed by atoms with Crippen molar-refractivity contribution in [2.45, 2.75) is 38.8 Å². The molecule has 1 fully saturated rings. The average molecular weight is 340 g/mol. The lowest BCUT2D eigenvalue weighted by Gasteiger charge is -2.34. The minimum Gasteiger partial charge on any atom is -0.385 e. The standard InChI is InChI=1S/C16H28N4O2S/c1-13-11-18-15(23-13)12-19-16(17-2)20-7-5-14(6-8-20)22-10-4-9-21-3/h11,14H,4-10,12H2,1-3H3,(H,17,19). The van der Waals surface area contributed by atoms with Crippen molar-refractivity contribution >= 4 is 17.3 Å². The molecule has 0 spiro atoms. The number of rotatable bonds is 7. The van der Waals surface area contributed by atoms with E-state index >= 15 is 0 Å². The maximum Gasteiger partial charge on any atom is 0.193 e. The first kappa shape index (κ1) is 18.2. The molecule has 0 atom stereocenters. The predicted molar refractivity (Wildman–Crippen MR) is 94.1 cm³/mol. The van der Waals surface area contributed by atoms with Crippen LogP contribution in [0.3, 0.4) is 0 Å². The van der Waals surface area contributed by atoms with Crippen LogP contribution in [0.5, 0.6) is 0 Å². The van der Waals surface area contributed by atoms with Gasteiger partial charge in [0.05, 0.1) is 12.6 Å². The van der Waals surface area contributed by atoms with Gasteiger partial charge in [0.25, 0.3) is 0 Å². The molecule has 1 aliphatic rings. The third-order valence-electron chi connectivity index (χ3n) is 3.87. The van der Waals surface area contributed by atoms with E-state index in [2.05, 4.69) is 27.1 Å². The van der Waals surface area contributed by atoms with Crippen molar-refractivity contribution in [3.8, 4) is 0 Å². The second kappa shape index (κ2) is 9.85. The summed E-state index contributed by atoms with van der Waals surface area (Å²) in [7, 11) is 3.56. The van der Waals surface area contributed by atoms with Crippen molar-refractivity contribution in [1.29, 1.82) is 0 Å². The summed E-state index contributed by atoms with van der Waals surface area (Å²) in [6.07, 6.45) is 5.33. The van der Waals surface area contributed by atoms with Crippen LogP contribution in [-0.2, 0) is 16.0 Å². The molecule has 1 aliphatic heterocycles. The topological polar surface area (TPSA) is 59.0 Å². The third kappa shape index (κ3) is 6.08. The molecule has 1 N–H and O–H groups in total. The Hall–Kier alpha value is -1.18.